The van der Waals surface area contributed by atoms with Crippen LogP contribution in [0.5, 0.6) is 5.75 Å². The van der Waals surface area contributed by atoms with Crippen LogP contribution in [0.4, 0.5) is 5.13 Å². The van der Waals surface area contributed by atoms with Gasteiger partial charge in [0.1, 0.15) is 17.3 Å². The molecular formula is C28H36N4O5S2. The first-order chi connectivity index (χ1) is 18.8. The zero-order valence-electron chi connectivity index (χ0n) is 22.8. The fourth-order valence-corrected chi connectivity index (χ4v) is 7.99. The number of methoxy groups -OCH3 is 1. The third-order valence-corrected chi connectivity index (χ3v) is 10.6. The first kappa shape index (κ1) is 28.0. The van der Waals surface area contributed by atoms with E-state index in [1.165, 1.54) is 15.6 Å². The van der Waals surface area contributed by atoms with Gasteiger partial charge in [0.15, 0.2) is 5.13 Å². The van der Waals surface area contributed by atoms with E-state index < -0.39 is 16.1 Å². The maximum absolute atomic E-state index is 14.2. The number of aryl methyl sites for hydroxylation is 2. The van der Waals surface area contributed by atoms with Gasteiger partial charge in [0.2, 0.25) is 15.9 Å². The Kier molecular flexibility index (Phi) is 8.53. The molecular weight excluding hydrogens is 536 g/mol. The standard InChI is InChI=1S/C28H36N4O5S2/c1-20-7-10-22(11-8-20)39(34,35)32-15-4-6-23(32)27(33)31(14-5-13-30-16-18-37-19-17-30)28-29-25-24(36-3)12-9-21(2)26(25)38-28/h7-12,23H,4-6,13-19H2,1-3H3. The number of fused-ring (bicyclic) bond motifs is 1. The van der Waals surface area contributed by atoms with E-state index in [4.69, 9.17) is 14.5 Å². The van der Waals surface area contributed by atoms with Gasteiger partial charge in [-0.1, -0.05) is 35.1 Å². The van der Waals surface area contributed by atoms with E-state index in [-0.39, 0.29) is 10.8 Å². The minimum atomic E-state index is -3.82. The van der Waals surface area contributed by atoms with Crippen molar-refractivity contribution in [1.29, 1.82) is 0 Å². The Bertz CT molecular complexity index is 1420. The van der Waals surface area contributed by atoms with Crippen molar-refractivity contribution in [2.75, 3.05) is 57.9 Å². The molecule has 210 valence electrons. The van der Waals surface area contributed by atoms with Crippen LogP contribution in [0.15, 0.2) is 41.3 Å². The molecule has 39 heavy (non-hydrogen) atoms. The van der Waals surface area contributed by atoms with Gasteiger partial charge in [-0.2, -0.15) is 4.31 Å². The molecule has 1 aromatic heterocycles. The lowest BCUT2D eigenvalue weighted by Crippen LogP contribution is -2.48. The van der Waals surface area contributed by atoms with Gasteiger partial charge in [0.05, 0.1) is 29.9 Å². The first-order valence-corrected chi connectivity index (χ1v) is 15.7. The van der Waals surface area contributed by atoms with Crippen LogP contribution in [0, 0.1) is 13.8 Å². The Morgan fingerprint density at radius 3 is 2.59 bits per heavy atom. The van der Waals surface area contributed by atoms with Crippen LogP contribution >= 0.6 is 11.3 Å². The molecule has 0 spiro atoms. The number of thiazole rings is 1. The van der Waals surface area contributed by atoms with Crippen molar-refractivity contribution in [1.82, 2.24) is 14.2 Å². The molecule has 0 aliphatic carbocycles. The van der Waals surface area contributed by atoms with Crippen molar-refractivity contribution < 1.29 is 22.7 Å². The molecule has 0 saturated carbocycles. The summed E-state index contributed by atoms with van der Waals surface area (Å²) in [4.78, 5) is 23.3. The van der Waals surface area contributed by atoms with E-state index >= 15 is 0 Å². The predicted octanol–water partition coefficient (Wildman–Crippen LogP) is 3.83. The monoisotopic (exact) mass is 572 g/mol. The van der Waals surface area contributed by atoms with Crippen LogP contribution in [-0.2, 0) is 19.6 Å². The molecule has 1 atom stereocenters. The van der Waals surface area contributed by atoms with Gasteiger partial charge >= 0.3 is 0 Å². The van der Waals surface area contributed by atoms with Crippen LogP contribution in [-0.4, -0.2) is 87.6 Å². The molecule has 0 N–H and O–H groups in total. The lowest BCUT2D eigenvalue weighted by atomic mass is 10.2. The Balaban J connectivity index is 1.45. The van der Waals surface area contributed by atoms with E-state index in [1.54, 1.807) is 36.3 Å². The summed E-state index contributed by atoms with van der Waals surface area (Å²) >= 11 is 1.45. The molecule has 1 unspecified atom stereocenters. The van der Waals surface area contributed by atoms with Gasteiger partial charge in [0, 0.05) is 32.7 Å². The predicted molar refractivity (Wildman–Crippen MR) is 153 cm³/mol. The summed E-state index contributed by atoms with van der Waals surface area (Å²) in [7, 11) is -2.21. The zero-order chi connectivity index (χ0) is 27.6. The number of benzene rings is 2. The summed E-state index contributed by atoms with van der Waals surface area (Å²) in [6.07, 6.45) is 1.86. The van der Waals surface area contributed by atoms with E-state index in [2.05, 4.69) is 4.90 Å². The fraction of sp³-hybridized carbons (Fsp3) is 0.500. The lowest BCUT2D eigenvalue weighted by molar-refractivity contribution is -0.121. The van der Waals surface area contributed by atoms with Crippen molar-refractivity contribution >= 4 is 42.6 Å². The lowest BCUT2D eigenvalue weighted by Gasteiger charge is -2.30. The number of hydrogen-bond acceptors (Lipinski definition) is 8. The number of rotatable bonds is 9. The molecule has 0 bridgehead atoms. The number of hydrogen-bond donors (Lipinski definition) is 0. The second-order valence-electron chi connectivity index (χ2n) is 10.1. The van der Waals surface area contributed by atoms with E-state index in [9.17, 15) is 13.2 Å². The quantitative estimate of drug-likeness (QED) is 0.385. The Labute approximate surface area is 234 Å². The maximum atomic E-state index is 14.2. The molecule has 2 fully saturated rings. The van der Waals surface area contributed by atoms with Crippen LogP contribution in [0.25, 0.3) is 10.2 Å². The first-order valence-electron chi connectivity index (χ1n) is 13.4. The molecule has 2 aliphatic heterocycles. The van der Waals surface area contributed by atoms with Crippen molar-refractivity contribution in [3.63, 3.8) is 0 Å². The Morgan fingerprint density at radius 2 is 1.87 bits per heavy atom. The number of amides is 1. The van der Waals surface area contributed by atoms with E-state index in [0.717, 1.165) is 47.4 Å². The molecule has 11 heteroatoms. The summed E-state index contributed by atoms with van der Waals surface area (Å²) in [6, 6.07) is 9.91. The molecule has 3 heterocycles. The van der Waals surface area contributed by atoms with Crippen LogP contribution in [0.2, 0.25) is 0 Å². The Hall–Kier alpha value is -2.57. The normalized spacial score (nSPS) is 19.0. The summed E-state index contributed by atoms with van der Waals surface area (Å²) in [5.74, 6) is 0.434. The van der Waals surface area contributed by atoms with Crippen LogP contribution in [0.1, 0.15) is 30.4 Å². The van der Waals surface area contributed by atoms with Crippen LogP contribution in [0.3, 0.4) is 0 Å². The van der Waals surface area contributed by atoms with Gasteiger partial charge < -0.3 is 9.47 Å². The molecule has 2 aromatic carbocycles. The summed E-state index contributed by atoms with van der Waals surface area (Å²) < 4.78 is 40.6. The second kappa shape index (κ2) is 11.9. The smallest absolute Gasteiger partial charge is 0.247 e. The second-order valence-corrected chi connectivity index (χ2v) is 13.0. The molecule has 3 aromatic rings. The maximum Gasteiger partial charge on any atom is 0.247 e. The summed E-state index contributed by atoms with van der Waals surface area (Å²) in [5, 5.41) is 0.573. The topological polar surface area (TPSA) is 92.3 Å². The molecule has 1 amide bonds. The summed E-state index contributed by atoms with van der Waals surface area (Å²) in [6.45, 7) is 8.71. The average molecular weight is 573 g/mol. The molecule has 0 radical (unpaired) electrons. The Morgan fingerprint density at radius 1 is 1.13 bits per heavy atom. The van der Waals surface area contributed by atoms with E-state index in [0.29, 0.717) is 50.0 Å². The number of ether oxygens (including phenoxy) is 2. The number of morpholine rings is 1. The van der Waals surface area contributed by atoms with Gasteiger partial charge in [-0.3, -0.25) is 14.6 Å². The number of carbonyl (C=O) groups excluding carboxylic acids is 1. The van der Waals surface area contributed by atoms with Crippen molar-refractivity contribution in [3.05, 3.63) is 47.5 Å². The summed E-state index contributed by atoms with van der Waals surface area (Å²) in [5.41, 5.74) is 2.76. The number of nitrogens with zero attached hydrogens (tertiary/aromatic N) is 4. The molecule has 9 nitrogen and oxygen atoms in total. The fourth-order valence-electron chi connectivity index (χ4n) is 5.26. The minimum absolute atomic E-state index is 0.215. The third-order valence-electron chi connectivity index (χ3n) is 7.49. The van der Waals surface area contributed by atoms with Crippen molar-refractivity contribution in [3.8, 4) is 5.75 Å². The highest BCUT2D eigenvalue weighted by Crippen LogP contribution is 2.38. The van der Waals surface area contributed by atoms with Crippen molar-refractivity contribution in [2.45, 2.75) is 44.0 Å². The van der Waals surface area contributed by atoms with Gasteiger partial charge in [0.25, 0.3) is 0 Å². The van der Waals surface area contributed by atoms with Gasteiger partial charge in [-0.25, -0.2) is 13.4 Å². The number of anilines is 1. The highest BCUT2D eigenvalue weighted by Gasteiger charge is 2.42. The van der Waals surface area contributed by atoms with Gasteiger partial charge in [-0.15, -0.1) is 0 Å². The molecule has 5 rings (SSSR count). The molecule has 2 aliphatic rings. The van der Waals surface area contributed by atoms with Crippen LogP contribution < -0.4 is 9.64 Å². The van der Waals surface area contributed by atoms with Gasteiger partial charge in [-0.05, 0) is 56.9 Å². The van der Waals surface area contributed by atoms with E-state index in [1.807, 2.05) is 26.0 Å². The minimum Gasteiger partial charge on any atom is -0.494 e. The highest BCUT2D eigenvalue weighted by molar-refractivity contribution is 7.89. The average Bonchev–Trinajstić information content (AvgIpc) is 3.61. The highest BCUT2D eigenvalue weighted by atomic mass is 32.2. The zero-order valence-corrected chi connectivity index (χ0v) is 24.4. The van der Waals surface area contributed by atoms with Crippen molar-refractivity contribution in [2.24, 2.45) is 0 Å². The molecule has 2 saturated heterocycles. The third kappa shape index (κ3) is 5.83. The number of sulfonamides is 1. The SMILES string of the molecule is COc1ccc(C)c2sc(N(CCCN3CCOCC3)C(=O)C3CCCN3S(=O)(=O)c3ccc(C)cc3)nc12. The largest absolute Gasteiger partial charge is 0.494 e. The number of carbonyl (C=O) groups is 1. The number of aromatic nitrogens is 1.